The van der Waals surface area contributed by atoms with Gasteiger partial charge in [-0.1, -0.05) is 35.9 Å². The highest BCUT2D eigenvalue weighted by molar-refractivity contribution is 5.83. The summed E-state index contributed by atoms with van der Waals surface area (Å²) in [6.07, 6.45) is 4.76. The second-order valence-corrected chi connectivity index (χ2v) is 6.18. The molecule has 3 N–H and O–H groups in total. The largest absolute Gasteiger partial charge is 0.328 e. The maximum atomic E-state index is 5.95. The number of rotatable bonds is 3. The Hall–Kier alpha value is -1.38. The van der Waals surface area contributed by atoms with E-state index in [1.807, 2.05) is 0 Å². The van der Waals surface area contributed by atoms with Gasteiger partial charge in [-0.05, 0) is 55.0 Å². The highest BCUT2D eigenvalue weighted by Crippen LogP contribution is 2.20. The van der Waals surface area contributed by atoms with Crippen molar-refractivity contribution in [2.75, 3.05) is 0 Å². The van der Waals surface area contributed by atoms with Crippen LogP contribution in [-0.2, 0) is 6.54 Å². The van der Waals surface area contributed by atoms with E-state index in [9.17, 15) is 0 Å². The van der Waals surface area contributed by atoms with E-state index in [-0.39, 0.29) is 0 Å². The lowest BCUT2D eigenvalue weighted by atomic mass is 9.91. The molecule has 2 aromatic carbocycles. The number of fused-ring (bicyclic) bond motifs is 1. The first-order valence-corrected chi connectivity index (χ1v) is 7.69. The molecule has 0 atom stereocenters. The van der Waals surface area contributed by atoms with Gasteiger partial charge in [0.15, 0.2) is 0 Å². The molecule has 3 rings (SSSR count). The molecule has 1 fully saturated rings. The van der Waals surface area contributed by atoms with Gasteiger partial charge in [-0.2, -0.15) is 0 Å². The van der Waals surface area contributed by atoms with Gasteiger partial charge in [-0.3, -0.25) is 0 Å². The molecule has 2 heteroatoms. The number of hydrogen-bond donors (Lipinski definition) is 2. The van der Waals surface area contributed by atoms with E-state index in [1.54, 1.807) is 0 Å². The molecule has 0 bridgehead atoms. The average molecular weight is 268 g/mol. The van der Waals surface area contributed by atoms with Crippen LogP contribution in [0.25, 0.3) is 10.8 Å². The lowest BCUT2D eigenvalue weighted by Crippen LogP contribution is -2.36. The van der Waals surface area contributed by atoms with Crippen molar-refractivity contribution in [3.63, 3.8) is 0 Å². The van der Waals surface area contributed by atoms with Crippen molar-refractivity contribution >= 4 is 10.8 Å². The molecule has 0 spiro atoms. The van der Waals surface area contributed by atoms with Crippen LogP contribution in [0.1, 0.15) is 36.8 Å². The Bertz CT molecular complexity index is 583. The van der Waals surface area contributed by atoms with Crippen molar-refractivity contribution in [1.29, 1.82) is 0 Å². The SMILES string of the molecule is Cc1ccc2cc(CNC3CCC(N)CC3)ccc2c1. The van der Waals surface area contributed by atoms with E-state index in [2.05, 4.69) is 48.6 Å². The number of nitrogens with one attached hydrogen (secondary N) is 1. The molecule has 2 aromatic rings. The fraction of sp³-hybridized carbons (Fsp3) is 0.444. The van der Waals surface area contributed by atoms with Crippen LogP contribution in [0, 0.1) is 6.92 Å². The molecule has 1 saturated carbocycles. The number of benzene rings is 2. The molecule has 0 radical (unpaired) electrons. The van der Waals surface area contributed by atoms with E-state index in [0.29, 0.717) is 12.1 Å². The van der Waals surface area contributed by atoms with Gasteiger partial charge in [-0.25, -0.2) is 0 Å². The van der Waals surface area contributed by atoms with Gasteiger partial charge in [0, 0.05) is 18.6 Å². The standard InChI is InChI=1S/C18H24N2/c1-13-2-4-16-11-14(3-5-15(16)10-13)12-20-18-8-6-17(19)7-9-18/h2-5,10-11,17-18,20H,6-9,12,19H2,1H3. The molecule has 1 aliphatic rings. The van der Waals surface area contributed by atoms with E-state index in [0.717, 1.165) is 19.4 Å². The summed E-state index contributed by atoms with van der Waals surface area (Å²) in [5.74, 6) is 0. The van der Waals surface area contributed by atoms with E-state index < -0.39 is 0 Å². The second-order valence-electron chi connectivity index (χ2n) is 6.18. The molecule has 0 aliphatic heterocycles. The summed E-state index contributed by atoms with van der Waals surface area (Å²) in [6.45, 7) is 3.10. The Morgan fingerprint density at radius 3 is 2.50 bits per heavy atom. The van der Waals surface area contributed by atoms with Crippen LogP contribution in [0.5, 0.6) is 0 Å². The molecule has 0 amide bonds. The van der Waals surface area contributed by atoms with Crippen LogP contribution in [0.4, 0.5) is 0 Å². The molecule has 0 aromatic heterocycles. The maximum Gasteiger partial charge on any atom is 0.0208 e. The van der Waals surface area contributed by atoms with Crippen molar-refractivity contribution < 1.29 is 0 Å². The summed E-state index contributed by atoms with van der Waals surface area (Å²) in [6, 6.07) is 14.5. The minimum absolute atomic E-state index is 0.428. The predicted molar refractivity (Wildman–Crippen MR) is 85.8 cm³/mol. The predicted octanol–water partition coefficient (Wildman–Crippen LogP) is 3.51. The van der Waals surface area contributed by atoms with Gasteiger partial charge in [0.25, 0.3) is 0 Å². The quantitative estimate of drug-likeness (QED) is 0.894. The molecule has 2 nitrogen and oxygen atoms in total. The van der Waals surface area contributed by atoms with Gasteiger partial charge in [0.2, 0.25) is 0 Å². The van der Waals surface area contributed by atoms with Gasteiger partial charge < -0.3 is 11.1 Å². The maximum absolute atomic E-state index is 5.95. The van der Waals surface area contributed by atoms with Crippen molar-refractivity contribution in [2.45, 2.75) is 51.2 Å². The third kappa shape index (κ3) is 3.20. The van der Waals surface area contributed by atoms with Crippen molar-refractivity contribution in [3.8, 4) is 0 Å². The molecular formula is C18H24N2. The lowest BCUT2D eigenvalue weighted by Gasteiger charge is -2.27. The molecule has 106 valence electrons. The normalized spacial score (nSPS) is 23.1. The first-order valence-electron chi connectivity index (χ1n) is 7.69. The summed E-state index contributed by atoms with van der Waals surface area (Å²) in [7, 11) is 0. The van der Waals surface area contributed by atoms with Crippen LogP contribution >= 0.6 is 0 Å². The van der Waals surface area contributed by atoms with E-state index in [4.69, 9.17) is 5.73 Å². The van der Waals surface area contributed by atoms with Crippen LogP contribution in [-0.4, -0.2) is 12.1 Å². The van der Waals surface area contributed by atoms with Crippen LogP contribution in [0.3, 0.4) is 0 Å². The zero-order valence-corrected chi connectivity index (χ0v) is 12.2. The number of nitrogens with two attached hydrogens (primary N) is 1. The topological polar surface area (TPSA) is 38.0 Å². The molecule has 0 saturated heterocycles. The van der Waals surface area contributed by atoms with Crippen LogP contribution in [0.15, 0.2) is 36.4 Å². The first kappa shape index (κ1) is 13.6. The van der Waals surface area contributed by atoms with Crippen LogP contribution in [0.2, 0.25) is 0 Å². The molecule has 0 unspecified atom stereocenters. The van der Waals surface area contributed by atoms with Gasteiger partial charge in [0.05, 0.1) is 0 Å². The fourth-order valence-electron chi connectivity index (χ4n) is 3.11. The zero-order chi connectivity index (χ0) is 13.9. The summed E-state index contributed by atoms with van der Waals surface area (Å²) in [5.41, 5.74) is 8.64. The highest BCUT2D eigenvalue weighted by atomic mass is 14.9. The molecule has 0 heterocycles. The monoisotopic (exact) mass is 268 g/mol. The van der Waals surface area contributed by atoms with Crippen LogP contribution < -0.4 is 11.1 Å². The van der Waals surface area contributed by atoms with Crippen molar-refractivity contribution in [3.05, 3.63) is 47.5 Å². The van der Waals surface area contributed by atoms with Crippen molar-refractivity contribution in [2.24, 2.45) is 5.73 Å². The Kier molecular flexibility index (Phi) is 4.04. The summed E-state index contributed by atoms with van der Waals surface area (Å²) >= 11 is 0. The minimum atomic E-state index is 0.428. The summed E-state index contributed by atoms with van der Waals surface area (Å²) in [4.78, 5) is 0. The number of hydrogen-bond acceptors (Lipinski definition) is 2. The highest BCUT2D eigenvalue weighted by Gasteiger charge is 2.17. The Labute approximate surface area is 121 Å². The fourth-order valence-corrected chi connectivity index (χ4v) is 3.11. The zero-order valence-electron chi connectivity index (χ0n) is 12.2. The first-order chi connectivity index (χ1) is 9.70. The second kappa shape index (κ2) is 5.94. The third-order valence-electron chi connectivity index (χ3n) is 4.43. The van der Waals surface area contributed by atoms with Gasteiger partial charge in [0.1, 0.15) is 0 Å². The average Bonchev–Trinajstić information content (AvgIpc) is 2.46. The Morgan fingerprint density at radius 2 is 1.70 bits per heavy atom. The number of aryl methyl sites for hydroxylation is 1. The summed E-state index contributed by atoms with van der Waals surface area (Å²) < 4.78 is 0. The van der Waals surface area contributed by atoms with E-state index >= 15 is 0 Å². The smallest absolute Gasteiger partial charge is 0.0208 e. The molecular weight excluding hydrogens is 244 g/mol. The van der Waals surface area contributed by atoms with Crippen molar-refractivity contribution in [1.82, 2.24) is 5.32 Å². The van der Waals surface area contributed by atoms with Gasteiger partial charge in [-0.15, -0.1) is 0 Å². The molecule has 20 heavy (non-hydrogen) atoms. The minimum Gasteiger partial charge on any atom is -0.328 e. The van der Waals surface area contributed by atoms with E-state index in [1.165, 1.54) is 34.7 Å². The summed E-state index contributed by atoms with van der Waals surface area (Å²) in [5, 5.41) is 6.34. The Balaban J connectivity index is 1.64. The molecule has 1 aliphatic carbocycles. The third-order valence-corrected chi connectivity index (χ3v) is 4.43. The van der Waals surface area contributed by atoms with Gasteiger partial charge >= 0.3 is 0 Å². The Morgan fingerprint density at radius 1 is 1.00 bits per heavy atom. The lowest BCUT2D eigenvalue weighted by molar-refractivity contribution is 0.342.